The number of ketones is 2. The highest BCUT2D eigenvalue weighted by molar-refractivity contribution is 7.19. The highest BCUT2D eigenvalue weighted by Gasteiger charge is 2.02. The Morgan fingerprint density at radius 2 is 0.900 bits per heavy atom. The van der Waals surface area contributed by atoms with Crippen molar-refractivity contribution >= 4 is 79.0 Å². The lowest BCUT2D eigenvalue weighted by Crippen LogP contribution is -1.90. The quantitative estimate of drug-likeness (QED) is 0.191. The van der Waals surface area contributed by atoms with Crippen molar-refractivity contribution in [3.63, 3.8) is 0 Å². The van der Waals surface area contributed by atoms with Crippen molar-refractivity contribution in [3.8, 4) is 0 Å². The van der Waals surface area contributed by atoms with Crippen molar-refractivity contribution < 1.29 is 9.59 Å². The molecule has 0 unspecified atom stereocenters. The average Bonchev–Trinajstić information content (AvgIpc) is 3.59. The van der Waals surface area contributed by atoms with Gasteiger partial charge in [-0.05, 0) is 61.4 Å². The predicted octanol–water partition coefficient (Wildman–Crippen LogP) is 9.34. The summed E-state index contributed by atoms with van der Waals surface area (Å²) < 4.78 is 2.39. The Labute approximate surface area is 241 Å². The van der Waals surface area contributed by atoms with Crippen LogP contribution in [0.15, 0.2) is 97.1 Å². The summed E-state index contributed by atoms with van der Waals surface area (Å²) in [6.07, 6.45) is 8.05. The van der Waals surface area contributed by atoms with Gasteiger partial charge in [-0.1, -0.05) is 84.9 Å². The van der Waals surface area contributed by atoms with Crippen molar-refractivity contribution in [1.82, 2.24) is 9.97 Å². The topological polar surface area (TPSA) is 59.9 Å². The molecule has 0 N–H and O–H groups in total. The van der Waals surface area contributed by atoms with E-state index in [-0.39, 0.29) is 11.6 Å². The molecule has 0 saturated heterocycles. The summed E-state index contributed by atoms with van der Waals surface area (Å²) in [5.41, 5.74) is 5.67. The van der Waals surface area contributed by atoms with E-state index >= 15 is 0 Å². The third kappa shape index (κ3) is 6.91. The van der Waals surface area contributed by atoms with Crippen molar-refractivity contribution in [1.29, 1.82) is 0 Å². The molecule has 0 aliphatic rings. The summed E-state index contributed by atoms with van der Waals surface area (Å²) in [5, 5.41) is 1.98. The minimum absolute atomic E-state index is 0.0895. The number of nitrogens with zero attached hydrogens (tertiary/aromatic N) is 2. The molecule has 0 radical (unpaired) electrons. The van der Waals surface area contributed by atoms with Crippen molar-refractivity contribution in [2.75, 3.05) is 0 Å². The Balaban J connectivity index is 0.000000161. The molecule has 0 saturated carbocycles. The number of fused-ring (bicyclic) bond motifs is 2. The van der Waals surface area contributed by atoms with Crippen LogP contribution in [0.4, 0.5) is 0 Å². The molecule has 0 fully saturated rings. The van der Waals surface area contributed by atoms with Crippen LogP contribution < -0.4 is 0 Å². The second-order valence-electron chi connectivity index (χ2n) is 9.06. The zero-order valence-corrected chi connectivity index (χ0v) is 23.7. The molecule has 196 valence electrons. The van der Waals surface area contributed by atoms with Gasteiger partial charge >= 0.3 is 0 Å². The summed E-state index contributed by atoms with van der Waals surface area (Å²) in [6, 6.07) is 31.4. The molecule has 6 rings (SSSR count). The number of para-hydroxylation sites is 2. The molecule has 0 bridgehead atoms. The molecule has 0 spiro atoms. The average molecular weight is 559 g/mol. The van der Waals surface area contributed by atoms with Crippen LogP contribution in [0.2, 0.25) is 0 Å². The first-order chi connectivity index (χ1) is 19.4. The third-order valence-electron chi connectivity index (χ3n) is 6.09. The van der Waals surface area contributed by atoms with E-state index in [2.05, 4.69) is 22.1 Å². The highest BCUT2D eigenvalue weighted by Crippen LogP contribution is 2.24. The van der Waals surface area contributed by atoms with Crippen molar-refractivity contribution in [2.45, 2.75) is 13.8 Å². The fraction of sp³-hybridized carbons (Fsp3) is 0.0588. The van der Waals surface area contributed by atoms with Gasteiger partial charge in [-0.3, -0.25) is 9.59 Å². The predicted molar refractivity (Wildman–Crippen MR) is 170 cm³/mol. The van der Waals surface area contributed by atoms with Crippen LogP contribution in [0.3, 0.4) is 0 Å². The molecule has 0 amide bonds. The lowest BCUT2D eigenvalue weighted by atomic mass is 10.1. The number of benzene rings is 4. The van der Waals surface area contributed by atoms with E-state index in [1.54, 1.807) is 36.5 Å². The number of rotatable bonds is 6. The van der Waals surface area contributed by atoms with Crippen LogP contribution in [0, 0.1) is 0 Å². The number of thiazole rings is 2. The highest BCUT2D eigenvalue weighted by atomic mass is 32.1. The number of Topliss-reactive ketones (excluding diaryl/α,β-unsaturated/α-hetero) is 2. The SMILES string of the molecule is CC(=O)c1ccc(/C=C/c2nc3ccccc3s2)cc1.CC(=O)c1ccc(/C=C/c2nc3ccccc3s2)cc1. The molecule has 2 heterocycles. The fourth-order valence-corrected chi connectivity index (χ4v) is 5.66. The van der Waals surface area contributed by atoms with E-state index in [0.717, 1.165) is 43.3 Å². The molecule has 2 aromatic heterocycles. The number of hydrogen-bond donors (Lipinski definition) is 0. The zero-order chi connectivity index (χ0) is 27.9. The molecule has 6 heteroatoms. The smallest absolute Gasteiger partial charge is 0.159 e. The Kier molecular flexibility index (Phi) is 8.50. The number of aromatic nitrogens is 2. The van der Waals surface area contributed by atoms with Gasteiger partial charge in [0.25, 0.3) is 0 Å². The van der Waals surface area contributed by atoms with Crippen LogP contribution in [-0.4, -0.2) is 21.5 Å². The van der Waals surface area contributed by atoms with E-state index in [1.807, 2.05) is 109 Å². The summed E-state index contributed by atoms with van der Waals surface area (Å²) in [6.45, 7) is 3.15. The van der Waals surface area contributed by atoms with E-state index < -0.39 is 0 Å². The van der Waals surface area contributed by atoms with E-state index in [1.165, 1.54) is 9.40 Å². The summed E-state index contributed by atoms with van der Waals surface area (Å²) >= 11 is 3.35. The van der Waals surface area contributed by atoms with E-state index in [4.69, 9.17) is 0 Å². The van der Waals surface area contributed by atoms with Crippen LogP contribution in [0.5, 0.6) is 0 Å². The van der Waals surface area contributed by atoms with Crippen molar-refractivity contribution in [2.24, 2.45) is 0 Å². The van der Waals surface area contributed by atoms with Gasteiger partial charge in [-0.25, -0.2) is 9.97 Å². The van der Waals surface area contributed by atoms with Gasteiger partial charge in [0.1, 0.15) is 10.0 Å². The van der Waals surface area contributed by atoms with E-state index in [0.29, 0.717) is 0 Å². The van der Waals surface area contributed by atoms with Gasteiger partial charge in [0.2, 0.25) is 0 Å². The fourth-order valence-electron chi connectivity index (χ4n) is 3.92. The largest absolute Gasteiger partial charge is 0.295 e. The second kappa shape index (κ2) is 12.6. The third-order valence-corrected chi connectivity index (χ3v) is 8.10. The van der Waals surface area contributed by atoms with Crippen molar-refractivity contribution in [3.05, 3.63) is 129 Å². The Hall–Kier alpha value is -4.52. The maximum Gasteiger partial charge on any atom is 0.159 e. The standard InChI is InChI=1S/2C17H13NOS/c2*1-12(19)14-9-6-13(7-10-14)8-11-17-18-15-4-2-3-5-16(15)20-17/h2*2-11H,1H3/b2*11-8+. The first-order valence-corrected chi connectivity index (χ1v) is 14.4. The summed E-state index contributed by atoms with van der Waals surface area (Å²) in [7, 11) is 0. The normalized spacial score (nSPS) is 11.2. The molecule has 0 aliphatic heterocycles. The van der Waals surface area contributed by atoms with Crippen LogP contribution in [-0.2, 0) is 0 Å². The number of hydrogen-bond acceptors (Lipinski definition) is 6. The Morgan fingerprint density at radius 3 is 1.25 bits per heavy atom. The molecular formula is C34H26N2O2S2. The monoisotopic (exact) mass is 558 g/mol. The lowest BCUT2D eigenvalue weighted by Gasteiger charge is -1.96. The summed E-state index contributed by atoms with van der Waals surface area (Å²) in [4.78, 5) is 31.5. The maximum absolute atomic E-state index is 11.2. The summed E-state index contributed by atoms with van der Waals surface area (Å²) in [5.74, 6) is 0.179. The Morgan fingerprint density at radius 1 is 0.525 bits per heavy atom. The first kappa shape index (κ1) is 27.1. The molecule has 4 nitrogen and oxygen atoms in total. The lowest BCUT2D eigenvalue weighted by molar-refractivity contribution is 0.100. The van der Waals surface area contributed by atoms with Crippen LogP contribution in [0.25, 0.3) is 44.7 Å². The van der Waals surface area contributed by atoms with Gasteiger partial charge in [0, 0.05) is 11.1 Å². The molecule has 4 aromatic carbocycles. The second-order valence-corrected chi connectivity index (χ2v) is 11.2. The number of carbonyl (C=O) groups excluding carboxylic acids is 2. The van der Waals surface area contributed by atoms with Gasteiger partial charge in [0.15, 0.2) is 11.6 Å². The zero-order valence-electron chi connectivity index (χ0n) is 22.1. The number of carbonyl (C=O) groups is 2. The first-order valence-electron chi connectivity index (χ1n) is 12.7. The van der Waals surface area contributed by atoms with Crippen LogP contribution >= 0.6 is 22.7 Å². The molecule has 0 aliphatic carbocycles. The van der Waals surface area contributed by atoms with Crippen LogP contribution in [0.1, 0.15) is 55.7 Å². The minimum Gasteiger partial charge on any atom is -0.295 e. The molecule has 0 atom stereocenters. The van der Waals surface area contributed by atoms with E-state index in [9.17, 15) is 9.59 Å². The minimum atomic E-state index is 0.0895. The maximum atomic E-state index is 11.2. The van der Waals surface area contributed by atoms with Gasteiger partial charge in [-0.2, -0.15) is 0 Å². The van der Waals surface area contributed by atoms with Gasteiger partial charge < -0.3 is 0 Å². The van der Waals surface area contributed by atoms with Gasteiger partial charge in [-0.15, -0.1) is 22.7 Å². The Bertz CT molecular complexity index is 1640. The van der Waals surface area contributed by atoms with Gasteiger partial charge in [0.05, 0.1) is 20.4 Å². The molecular weight excluding hydrogens is 533 g/mol. The molecule has 40 heavy (non-hydrogen) atoms. The molecule has 6 aromatic rings.